The number of likely N-dealkylation sites (tertiary alicyclic amines) is 1. The summed E-state index contributed by atoms with van der Waals surface area (Å²) >= 11 is 0. The Hall–Kier alpha value is -1.40. The lowest BCUT2D eigenvalue weighted by Crippen LogP contribution is -2.70. The van der Waals surface area contributed by atoms with Gasteiger partial charge in [0.1, 0.15) is 0 Å². The Labute approximate surface area is 223 Å². The molecule has 5 fully saturated rings. The van der Waals surface area contributed by atoms with E-state index >= 15 is 0 Å². The molecule has 0 aromatic rings. The molecule has 1 N–H and O–H groups in total. The average Bonchev–Trinajstić information content (AvgIpc) is 3.43. The highest BCUT2D eigenvalue weighted by Crippen LogP contribution is 2.67. The van der Waals surface area contributed by atoms with Crippen molar-refractivity contribution in [2.24, 2.45) is 40.4 Å². The Morgan fingerprint density at radius 2 is 1.92 bits per heavy atom. The summed E-state index contributed by atoms with van der Waals surface area (Å²) < 4.78 is 5.89. The van der Waals surface area contributed by atoms with Crippen molar-refractivity contribution < 1.29 is 19.4 Å². The van der Waals surface area contributed by atoms with E-state index in [-0.39, 0.29) is 17.9 Å². The normalized spacial score (nSPS) is 42.9. The van der Waals surface area contributed by atoms with Crippen molar-refractivity contribution in [2.75, 3.05) is 26.2 Å². The van der Waals surface area contributed by atoms with E-state index in [0.29, 0.717) is 55.3 Å². The highest BCUT2D eigenvalue weighted by atomic mass is 16.5. The second kappa shape index (κ2) is 9.08. The minimum absolute atomic E-state index is 0.0386. The molecule has 6 heteroatoms. The van der Waals surface area contributed by atoms with Crippen LogP contribution >= 0.6 is 0 Å². The van der Waals surface area contributed by atoms with E-state index in [1.807, 2.05) is 4.90 Å². The molecule has 2 aliphatic heterocycles. The van der Waals surface area contributed by atoms with Gasteiger partial charge in [-0.2, -0.15) is 0 Å². The lowest BCUT2D eigenvalue weighted by Gasteiger charge is -2.58. The molecule has 0 aromatic heterocycles. The van der Waals surface area contributed by atoms with Crippen LogP contribution in [0.1, 0.15) is 91.9 Å². The average molecular weight is 513 g/mol. The van der Waals surface area contributed by atoms with Gasteiger partial charge in [0, 0.05) is 19.9 Å². The molecule has 1 spiro atoms. The zero-order valence-corrected chi connectivity index (χ0v) is 23.5. The van der Waals surface area contributed by atoms with Crippen molar-refractivity contribution in [3.05, 3.63) is 11.6 Å². The van der Waals surface area contributed by atoms with E-state index in [2.05, 4.69) is 26.8 Å². The first-order valence-electron chi connectivity index (χ1n) is 15.1. The zero-order chi connectivity index (χ0) is 26.2. The molecule has 37 heavy (non-hydrogen) atoms. The molecule has 6 rings (SSSR count). The maximum absolute atomic E-state index is 13.0. The van der Waals surface area contributed by atoms with Gasteiger partial charge < -0.3 is 19.6 Å². The highest BCUT2D eigenvalue weighted by molar-refractivity contribution is 5.79. The number of amides is 2. The number of carbonyl (C=O) groups excluding carboxylic acids is 2. The molecule has 0 aromatic carbocycles. The summed E-state index contributed by atoms with van der Waals surface area (Å²) in [6.07, 6.45) is 13.5. The minimum atomic E-state index is -0.556. The molecule has 0 bridgehead atoms. The Balaban J connectivity index is 1.06. The third-order valence-corrected chi connectivity index (χ3v) is 12.4. The molecular formula is C31H48N2O4. The minimum Gasteiger partial charge on any atom is -0.393 e. The SMILES string of the molecule is CC(=O)N1CCOC12CN(C(=O)CCC(C)[C@H]1CC[C@H]3[C@@H]4CC=C5C[C@@H](O)CC[C@]5(C)[C@H]4CC[C@]13C)C2. The van der Waals surface area contributed by atoms with Gasteiger partial charge in [-0.15, -0.1) is 0 Å². The standard InChI is InChI=1S/C31H48N2O4/c1-20(5-10-28(36)32-18-31(19-32)33(21(2)34)15-16-37-31)25-8-9-26-24-7-6-22-17-23(35)11-13-29(22,3)27(24)12-14-30(25,26)4/h6,20,23-27,35H,5,7-19H2,1-4H3/t20?,23-,24-,25+,26-,27-,29-,30+/m0/s1. The summed E-state index contributed by atoms with van der Waals surface area (Å²) in [5, 5.41) is 10.3. The number of ether oxygens (including phenoxy) is 1. The van der Waals surface area contributed by atoms with Gasteiger partial charge in [0.15, 0.2) is 5.72 Å². The predicted octanol–water partition coefficient (Wildman–Crippen LogP) is 4.76. The molecule has 0 radical (unpaired) electrons. The van der Waals surface area contributed by atoms with E-state index in [9.17, 15) is 14.7 Å². The number of allylic oxidation sites excluding steroid dienone is 1. The van der Waals surface area contributed by atoms with Gasteiger partial charge in [-0.05, 0) is 98.2 Å². The molecule has 4 aliphatic carbocycles. The predicted molar refractivity (Wildman–Crippen MR) is 142 cm³/mol. The van der Waals surface area contributed by atoms with Gasteiger partial charge >= 0.3 is 0 Å². The number of nitrogens with zero attached hydrogens (tertiary/aromatic N) is 2. The fourth-order valence-corrected chi connectivity index (χ4v) is 10.4. The van der Waals surface area contributed by atoms with Crippen molar-refractivity contribution in [1.82, 2.24) is 9.80 Å². The molecular weight excluding hydrogens is 464 g/mol. The largest absolute Gasteiger partial charge is 0.393 e. The number of fused-ring (bicyclic) bond motifs is 5. The fraction of sp³-hybridized carbons (Fsp3) is 0.871. The summed E-state index contributed by atoms with van der Waals surface area (Å²) in [6, 6.07) is 0. The van der Waals surface area contributed by atoms with Gasteiger partial charge in [0.05, 0.1) is 25.8 Å². The smallest absolute Gasteiger partial charge is 0.222 e. The molecule has 2 saturated heterocycles. The maximum Gasteiger partial charge on any atom is 0.222 e. The topological polar surface area (TPSA) is 70.1 Å². The van der Waals surface area contributed by atoms with Crippen molar-refractivity contribution in [1.29, 1.82) is 0 Å². The molecule has 206 valence electrons. The Morgan fingerprint density at radius 3 is 2.68 bits per heavy atom. The van der Waals surface area contributed by atoms with Gasteiger partial charge in [-0.3, -0.25) is 9.59 Å². The molecule has 6 nitrogen and oxygen atoms in total. The molecule has 2 amide bonds. The Morgan fingerprint density at radius 1 is 1.14 bits per heavy atom. The number of aliphatic hydroxyl groups is 1. The van der Waals surface area contributed by atoms with E-state index in [4.69, 9.17) is 4.74 Å². The molecule has 3 saturated carbocycles. The monoisotopic (exact) mass is 512 g/mol. The van der Waals surface area contributed by atoms with Crippen LogP contribution in [-0.4, -0.2) is 64.8 Å². The van der Waals surface area contributed by atoms with Crippen molar-refractivity contribution in [3.8, 4) is 0 Å². The first-order chi connectivity index (χ1) is 17.6. The van der Waals surface area contributed by atoms with Crippen molar-refractivity contribution in [2.45, 2.75) is 104 Å². The Bertz CT molecular complexity index is 972. The first-order valence-corrected chi connectivity index (χ1v) is 15.1. The van der Waals surface area contributed by atoms with E-state index < -0.39 is 5.72 Å². The van der Waals surface area contributed by atoms with Gasteiger partial charge in [-0.25, -0.2) is 0 Å². The van der Waals surface area contributed by atoms with E-state index in [1.165, 1.54) is 32.1 Å². The third-order valence-electron chi connectivity index (χ3n) is 12.4. The van der Waals surface area contributed by atoms with Crippen LogP contribution in [0.15, 0.2) is 11.6 Å². The molecule has 1 unspecified atom stereocenters. The summed E-state index contributed by atoms with van der Waals surface area (Å²) in [6.45, 7) is 11.3. The van der Waals surface area contributed by atoms with Crippen molar-refractivity contribution >= 4 is 11.8 Å². The lowest BCUT2D eigenvalue weighted by atomic mass is 9.47. The number of rotatable bonds is 4. The summed E-state index contributed by atoms with van der Waals surface area (Å²) in [4.78, 5) is 28.7. The summed E-state index contributed by atoms with van der Waals surface area (Å²) in [5.41, 5.74) is 1.69. The number of hydrogen-bond acceptors (Lipinski definition) is 4. The third kappa shape index (κ3) is 3.94. The number of carbonyl (C=O) groups is 2. The molecule has 8 atom stereocenters. The van der Waals surface area contributed by atoms with Gasteiger partial charge in [-0.1, -0.05) is 32.4 Å². The van der Waals surface area contributed by atoms with Crippen LogP contribution in [0, 0.1) is 40.4 Å². The molecule has 6 aliphatic rings. The fourth-order valence-electron chi connectivity index (χ4n) is 10.4. The van der Waals surface area contributed by atoms with Crippen LogP contribution < -0.4 is 0 Å². The van der Waals surface area contributed by atoms with Crippen LogP contribution in [0.2, 0.25) is 0 Å². The van der Waals surface area contributed by atoms with Crippen LogP contribution in [0.5, 0.6) is 0 Å². The molecule has 2 heterocycles. The van der Waals surface area contributed by atoms with E-state index in [0.717, 1.165) is 43.4 Å². The number of aliphatic hydroxyl groups excluding tert-OH is 1. The van der Waals surface area contributed by atoms with Crippen LogP contribution in [0.3, 0.4) is 0 Å². The second-order valence-electron chi connectivity index (χ2n) is 14.1. The summed E-state index contributed by atoms with van der Waals surface area (Å²) in [7, 11) is 0. The van der Waals surface area contributed by atoms with Crippen LogP contribution in [0.4, 0.5) is 0 Å². The van der Waals surface area contributed by atoms with Crippen LogP contribution in [-0.2, 0) is 14.3 Å². The van der Waals surface area contributed by atoms with Gasteiger partial charge in [0.2, 0.25) is 11.8 Å². The zero-order valence-electron chi connectivity index (χ0n) is 23.5. The van der Waals surface area contributed by atoms with Gasteiger partial charge in [0.25, 0.3) is 0 Å². The quantitative estimate of drug-likeness (QED) is 0.552. The highest BCUT2D eigenvalue weighted by Gasteiger charge is 2.59. The maximum atomic E-state index is 13.0. The summed E-state index contributed by atoms with van der Waals surface area (Å²) in [5.74, 6) is 3.87. The van der Waals surface area contributed by atoms with E-state index in [1.54, 1.807) is 17.4 Å². The van der Waals surface area contributed by atoms with Crippen molar-refractivity contribution in [3.63, 3.8) is 0 Å². The second-order valence-corrected chi connectivity index (χ2v) is 14.1. The number of hydrogen-bond donors (Lipinski definition) is 1. The van der Waals surface area contributed by atoms with Crippen LogP contribution in [0.25, 0.3) is 0 Å². The first kappa shape index (κ1) is 25.9. The lowest BCUT2D eigenvalue weighted by molar-refractivity contribution is -0.194. The Kier molecular flexibility index (Phi) is 6.34.